The highest BCUT2D eigenvalue weighted by molar-refractivity contribution is 5.87. The molecule has 1 aromatic rings. The molecule has 1 N–H and O–H groups in total. The van der Waals surface area contributed by atoms with Crippen LogP contribution in [-0.4, -0.2) is 47.8 Å². The Bertz CT molecular complexity index is 394. The number of aromatic nitrogens is 1. The number of pyridine rings is 1. The van der Waals surface area contributed by atoms with Crippen molar-refractivity contribution in [3.05, 3.63) is 29.6 Å². The molecule has 0 saturated heterocycles. The van der Waals surface area contributed by atoms with E-state index in [1.54, 1.807) is 19.1 Å². The lowest BCUT2D eigenvalue weighted by Gasteiger charge is -2.17. The van der Waals surface area contributed by atoms with Gasteiger partial charge in [0, 0.05) is 13.1 Å². The van der Waals surface area contributed by atoms with Gasteiger partial charge in [0.2, 0.25) is 0 Å². The zero-order valence-electron chi connectivity index (χ0n) is 11.1. The van der Waals surface area contributed by atoms with Crippen molar-refractivity contribution in [1.29, 1.82) is 0 Å². The summed E-state index contributed by atoms with van der Waals surface area (Å²) >= 11 is 0. The van der Waals surface area contributed by atoms with E-state index in [0.29, 0.717) is 18.7 Å². The molecule has 0 saturated carbocycles. The van der Waals surface area contributed by atoms with Gasteiger partial charge in [0.05, 0.1) is 18.9 Å². The normalized spacial score (nSPS) is 12.5. The van der Waals surface area contributed by atoms with E-state index in [-0.39, 0.29) is 6.10 Å². The molecule has 0 bridgehead atoms. The Morgan fingerprint density at radius 3 is 2.89 bits per heavy atom. The molecule has 100 valence electrons. The van der Waals surface area contributed by atoms with Crippen LogP contribution in [0.25, 0.3) is 0 Å². The quantitative estimate of drug-likeness (QED) is 0.767. The molecule has 1 aromatic heterocycles. The number of hydrogen-bond acceptors (Lipinski definition) is 5. The van der Waals surface area contributed by atoms with E-state index in [1.165, 1.54) is 7.11 Å². The second-order valence-corrected chi connectivity index (χ2v) is 4.38. The fourth-order valence-corrected chi connectivity index (χ4v) is 1.55. The van der Waals surface area contributed by atoms with Gasteiger partial charge in [-0.1, -0.05) is 6.07 Å². The lowest BCUT2D eigenvalue weighted by atomic mass is 10.2. The zero-order chi connectivity index (χ0) is 13.5. The Balaban J connectivity index is 2.59. The molecule has 1 rings (SSSR count). The van der Waals surface area contributed by atoms with Crippen LogP contribution in [0.4, 0.5) is 0 Å². The summed E-state index contributed by atoms with van der Waals surface area (Å²) in [7, 11) is 3.29. The summed E-state index contributed by atoms with van der Waals surface area (Å²) in [6.07, 6.45) is 0.412. The van der Waals surface area contributed by atoms with Crippen LogP contribution in [0, 0.1) is 0 Å². The first-order valence-electron chi connectivity index (χ1n) is 5.93. The van der Waals surface area contributed by atoms with E-state index in [2.05, 4.69) is 14.6 Å². The highest BCUT2D eigenvalue weighted by atomic mass is 16.5. The molecule has 1 atom stereocenters. The van der Waals surface area contributed by atoms with Crippen LogP contribution in [0.5, 0.6) is 0 Å². The number of nitrogens with zero attached hydrogens (tertiary/aromatic N) is 2. The van der Waals surface area contributed by atoms with Gasteiger partial charge in [-0.3, -0.25) is 0 Å². The van der Waals surface area contributed by atoms with Crippen molar-refractivity contribution in [2.24, 2.45) is 0 Å². The molecule has 0 fully saturated rings. The number of carbonyl (C=O) groups excluding carboxylic acids is 1. The van der Waals surface area contributed by atoms with Gasteiger partial charge < -0.3 is 14.7 Å². The van der Waals surface area contributed by atoms with E-state index < -0.39 is 5.97 Å². The van der Waals surface area contributed by atoms with Crippen molar-refractivity contribution >= 4 is 5.97 Å². The summed E-state index contributed by atoms with van der Waals surface area (Å²) in [4.78, 5) is 17.6. The minimum Gasteiger partial charge on any atom is -0.464 e. The molecular weight excluding hydrogens is 232 g/mol. The van der Waals surface area contributed by atoms with Crippen molar-refractivity contribution in [1.82, 2.24) is 9.88 Å². The minimum atomic E-state index is -0.427. The number of rotatable bonds is 6. The van der Waals surface area contributed by atoms with Crippen molar-refractivity contribution in [2.45, 2.75) is 26.0 Å². The van der Waals surface area contributed by atoms with Gasteiger partial charge in [0.1, 0.15) is 5.69 Å². The predicted octanol–water partition coefficient (Wildman–Crippen LogP) is 1.07. The number of esters is 1. The highest BCUT2D eigenvalue weighted by Crippen LogP contribution is 2.05. The lowest BCUT2D eigenvalue weighted by Crippen LogP contribution is -2.23. The Hall–Kier alpha value is -1.46. The molecule has 0 aliphatic rings. The van der Waals surface area contributed by atoms with E-state index in [4.69, 9.17) is 0 Å². The van der Waals surface area contributed by atoms with Crippen LogP contribution in [0.1, 0.15) is 29.5 Å². The summed E-state index contributed by atoms with van der Waals surface area (Å²) in [6.45, 7) is 3.18. The average Bonchev–Trinajstić information content (AvgIpc) is 2.35. The maximum absolute atomic E-state index is 11.3. The number of ether oxygens (including phenoxy) is 1. The van der Waals surface area contributed by atoms with Crippen LogP contribution in [-0.2, 0) is 11.3 Å². The fourth-order valence-electron chi connectivity index (χ4n) is 1.55. The number of hydrogen-bond donors (Lipinski definition) is 1. The molecule has 0 spiro atoms. The number of aliphatic hydroxyl groups excluding tert-OH is 1. The molecule has 0 aliphatic heterocycles. The third-order valence-electron chi connectivity index (χ3n) is 2.56. The SMILES string of the molecule is COC(=O)c1cccc(CN(C)CCC(C)O)n1. The van der Waals surface area contributed by atoms with E-state index in [9.17, 15) is 9.90 Å². The highest BCUT2D eigenvalue weighted by Gasteiger charge is 2.09. The largest absolute Gasteiger partial charge is 0.464 e. The first-order chi connectivity index (χ1) is 8.52. The van der Waals surface area contributed by atoms with Crippen molar-refractivity contribution in [3.8, 4) is 0 Å². The maximum atomic E-state index is 11.3. The van der Waals surface area contributed by atoms with Gasteiger partial charge in [-0.25, -0.2) is 9.78 Å². The van der Waals surface area contributed by atoms with E-state index in [1.807, 2.05) is 13.1 Å². The van der Waals surface area contributed by atoms with Gasteiger partial charge in [0.15, 0.2) is 0 Å². The third-order valence-corrected chi connectivity index (χ3v) is 2.56. The summed E-state index contributed by atoms with van der Waals surface area (Å²) in [6, 6.07) is 5.29. The average molecular weight is 252 g/mol. The molecule has 0 amide bonds. The van der Waals surface area contributed by atoms with Crippen LogP contribution >= 0.6 is 0 Å². The molecule has 5 nitrogen and oxygen atoms in total. The van der Waals surface area contributed by atoms with Crippen molar-refractivity contribution in [2.75, 3.05) is 20.7 Å². The van der Waals surface area contributed by atoms with Gasteiger partial charge in [-0.15, -0.1) is 0 Å². The second-order valence-electron chi connectivity index (χ2n) is 4.38. The smallest absolute Gasteiger partial charge is 0.356 e. The first-order valence-corrected chi connectivity index (χ1v) is 5.93. The molecule has 0 aromatic carbocycles. The van der Waals surface area contributed by atoms with Crippen LogP contribution in [0.15, 0.2) is 18.2 Å². The van der Waals surface area contributed by atoms with Crippen molar-refractivity contribution < 1.29 is 14.6 Å². The van der Waals surface area contributed by atoms with Crippen LogP contribution in [0.2, 0.25) is 0 Å². The topological polar surface area (TPSA) is 62.7 Å². The molecule has 1 heterocycles. The van der Waals surface area contributed by atoms with Crippen molar-refractivity contribution in [3.63, 3.8) is 0 Å². The molecule has 0 radical (unpaired) electrons. The van der Waals surface area contributed by atoms with E-state index >= 15 is 0 Å². The fraction of sp³-hybridized carbons (Fsp3) is 0.538. The molecule has 0 aliphatic carbocycles. The Kier molecular flexibility index (Phi) is 5.74. The van der Waals surface area contributed by atoms with Gasteiger partial charge in [-0.05, 0) is 32.5 Å². The summed E-state index contributed by atoms with van der Waals surface area (Å²) in [5.74, 6) is -0.427. The Labute approximate surface area is 107 Å². The Morgan fingerprint density at radius 1 is 1.56 bits per heavy atom. The monoisotopic (exact) mass is 252 g/mol. The molecular formula is C13H20N2O3. The number of carbonyl (C=O) groups is 1. The van der Waals surface area contributed by atoms with Crippen LogP contribution < -0.4 is 0 Å². The summed E-state index contributed by atoms with van der Waals surface area (Å²) in [5.41, 5.74) is 1.13. The molecule has 1 unspecified atom stereocenters. The third kappa shape index (κ3) is 4.81. The second kappa shape index (κ2) is 7.08. The zero-order valence-corrected chi connectivity index (χ0v) is 11.1. The standard InChI is InChI=1S/C13H20N2O3/c1-10(16)7-8-15(2)9-11-5-4-6-12(14-11)13(17)18-3/h4-6,10,16H,7-9H2,1-3H3. The molecule has 18 heavy (non-hydrogen) atoms. The van der Waals surface area contributed by atoms with Gasteiger partial charge in [0.25, 0.3) is 0 Å². The van der Waals surface area contributed by atoms with Crippen LogP contribution in [0.3, 0.4) is 0 Å². The van der Waals surface area contributed by atoms with Gasteiger partial charge in [-0.2, -0.15) is 0 Å². The molecule has 5 heteroatoms. The maximum Gasteiger partial charge on any atom is 0.356 e. The number of aliphatic hydroxyl groups is 1. The minimum absolute atomic E-state index is 0.304. The summed E-state index contributed by atoms with van der Waals surface area (Å²) in [5, 5.41) is 9.21. The Morgan fingerprint density at radius 2 is 2.28 bits per heavy atom. The summed E-state index contributed by atoms with van der Waals surface area (Å²) < 4.78 is 4.63. The predicted molar refractivity (Wildman–Crippen MR) is 68.2 cm³/mol. The van der Waals surface area contributed by atoms with Gasteiger partial charge >= 0.3 is 5.97 Å². The van der Waals surface area contributed by atoms with E-state index in [0.717, 1.165) is 12.2 Å². The number of methoxy groups -OCH3 is 1. The first kappa shape index (κ1) is 14.6. The lowest BCUT2D eigenvalue weighted by molar-refractivity contribution is 0.0593.